The summed E-state index contributed by atoms with van der Waals surface area (Å²) in [4.78, 5) is 48.5. The highest BCUT2D eigenvalue weighted by Crippen LogP contribution is 2.24. The standard InChI is InChI=1S/C16H16N2O5/c1-3-7-18-14(20)11-6-5-10(8-12(11)15(18)21)16(22)23-9-13(19)17-4-2/h3,5-6,8H,1,4,7,9H2,2H3,(H,17,19). The second-order valence-electron chi connectivity index (χ2n) is 4.80. The number of hydrogen-bond donors (Lipinski definition) is 1. The van der Waals surface area contributed by atoms with Crippen molar-refractivity contribution < 1.29 is 23.9 Å². The number of ether oxygens (including phenoxy) is 1. The van der Waals surface area contributed by atoms with Crippen molar-refractivity contribution >= 4 is 23.7 Å². The van der Waals surface area contributed by atoms with Crippen LogP contribution in [0.1, 0.15) is 38.0 Å². The number of carbonyl (C=O) groups excluding carboxylic acids is 4. The van der Waals surface area contributed by atoms with Gasteiger partial charge in [-0.2, -0.15) is 0 Å². The van der Waals surface area contributed by atoms with Gasteiger partial charge >= 0.3 is 5.97 Å². The molecule has 1 aromatic carbocycles. The Morgan fingerprint density at radius 1 is 1.26 bits per heavy atom. The zero-order valence-corrected chi connectivity index (χ0v) is 12.6. The maximum atomic E-state index is 12.2. The molecule has 0 aliphatic carbocycles. The van der Waals surface area contributed by atoms with E-state index in [1.165, 1.54) is 24.3 Å². The van der Waals surface area contributed by atoms with Crippen LogP contribution in [0.15, 0.2) is 30.9 Å². The molecular formula is C16H16N2O5. The van der Waals surface area contributed by atoms with E-state index in [4.69, 9.17) is 4.74 Å². The first-order valence-electron chi connectivity index (χ1n) is 7.04. The van der Waals surface area contributed by atoms with Crippen LogP contribution in [0.3, 0.4) is 0 Å². The lowest BCUT2D eigenvalue weighted by Gasteiger charge is -2.09. The van der Waals surface area contributed by atoms with E-state index < -0.39 is 30.3 Å². The van der Waals surface area contributed by atoms with Crippen molar-refractivity contribution in [1.82, 2.24) is 10.2 Å². The summed E-state index contributed by atoms with van der Waals surface area (Å²) >= 11 is 0. The zero-order valence-electron chi connectivity index (χ0n) is 12.6. The summed E-state index contributed by atoms with van der Waals surface area (Å²) in [5.41, 5.74) is 0.482. The molecule has 1 N–H and O–H groups in total. The fourth-order valence-electron chi connectivity index (χ4n) is 2.18. The van der Waals surface area contributed by atoms with Crippen molar-refractivity contribution in [3.63, 3.8) is 0 Å². The molecule has 1 aliphatic rings. The Kier molecular flexibility index (Phi) is 4.90. The number of likely N-dealkylation sites (N-methyl/N-ethyl adjacent to an activating group) is 1. The molecule has 0 spiro atoms. The van der Waals surface area contributed by atoms with E-state index in [2.05, 4.69) is 11.9 Å². The van der Waals surface area contributed by atoms with Gasteiger partial charge in [-0.25, -0.2) is 4.79 Å². The Balaban J connectivity index is 2.15. The molecule has 0 unspecified atom stereocenters. The maximum Gasteiger partial charge on any atom is 0.338 e. The Morgan fingerprint density at radius 3 is 2.61 bits per heavy atom. The van der Waals surface area contributed by atoms with Crippen LogP contribution >= 0.6 is 0 Å². The predicted molar refractivity (Wildman–Crippen MR) is 81.0 cm³/mol. The third-order valence-electron chi connectivity index (χ3n) is 3.23. The highest BCUT2D eigenvalue weighted by atomic mass is 16.5. The van der Waals surface area contributed by atoms with Crippen LogP contribution in [0.2, 0.25) is 0 Å². The average Bonchev–Trinajstić information content (AvgIpc) is 2.78. The van der Waals surface area contributed by atoms with E-state index in [1.54, 1.807) is 6.92 Å². The number of amides is 3. The van der Waals surface area contributed by atoms with E-state index in [0.717, 1.165) is 4.90 Å². The minimum atomic E-state index is -0.735. The fourth-order valence-corrected chi connectivity index (χ4v) is 2.18. The summed E-state index contributed by atoms with van der Waals surface area (Å²) in [6, 6.07) is 4.10. The number of fused-ring (bicyclic) bond motifs is 1. The maximum absolute atomic E-state index is 12.2. The number of imide groups is 1. The molecule has 0 bridgehead atoms. The van der Waals surface area contributed by atoms with Gasteiger partial charge in [0.1, 0.15) is 0 Å². The summed E-state index contributed by atoms with van der Waals surface area (Å²) in [5, 5.41) is 2.50. The molecule has 3 amide bonds. The number of nitrogens with zero attached hydrogens (tertiary/aromatic N) is 1. The van der Waals surface area contributed by atoms with Crippen LogP contribution in [0.25, 0.3) is 0 Å². The summed E-state index contributed by atoms with van der Waals surface area (Å²) in [6.07, 6.45) is 1.45. The van der Waals surface area contributed by atoms with Gasteiger partial charge in [0.2, 0.25) is 0 Å². The first kappa shape index (κ1) is 16.4. The molecule has 0 saturated carbocycles. The average molecular weight is 316 g/mol. The molecule has 1 aromatic rings. The van der Waals surface area contributed by atoms with Crippen LogP contribution in [-0.2, 0) is 9.53 Å². The number of esters is 1. The lowest BCUT2D eigenvalue weighted by atomic mass is 10.1. The normalized spacial score (nSPS) is 12.8. The molecule has 2 rings (SSSR count). The van der Waals surface area contributed by atoms with E-state index in [9.17, 15) is 19.2 Å². The van der Waals surface area contributed by atoms with Gasteiger partial charge in [0, 0.05) is 13.1 Å². The highest BCUT2D eigenvalue weighted by Gasteiger charge is 2.35. The van der Waals surface area contributed by atoms with Gasteiger partial charge in [-0.1, -0.05) is 6.08 Å². The molecule has 7 heteroatoms. The van der Waals surface area contributed by atoms with Crippen LogP contribution in [0.4, 0.5) is 0 Å². The van der Waals surface area contributed by atoms with E-state index in [1.807, 2.05) is 0 Å². The molecule has 0 fully saturated rings. The molecule has 23 heavy (non-hydrogen) atoms. The lowest BCUT2D eigenvalue weighted by molar-refractivity contribution is -0.124. The van der Waals surface area contributed by atoms with E-state index in [-0.39, 0.29) is 23.2 Å². The summed E-state index contributed by atoms with van der Waals surface area (Å²) in [6.45, 7) is 5.38. The summed E-state index contributed by atoms with van der Waals surface area (Å²) in [7, 11) is 0. The van der Waals surface area contributed by atoms with E-state index in [0.29, 0.717) is 6.54 Å². The van der Waals surface area contributed by atoms with Gasteiger partial charge in [-0.15, -0.1) is 6.58 Å². The highest BCUT2D eigenvalue weighted by molar-refractivity contribution is 6.22. The molecule has 1 heterocycles. The summed E-state index contributed by atoms with van der Waals surface area (Å²) < 4.78 is 4.86. The monoisotopic (exact) mass is 316 g/mol. The van der Waals surface area contributed by atoms with Gasteiger partial charge < -0.3 is 10.1 Å². The fraction of sp³-hybridized carbons (Fsp3) is 0.250. The molecule has 0 saturated heterocycles. The van der Waals surface area contributed by atoms with Crippen molar-refractivity contribution in [2.24, 2.45) is 0 Å². The number of rotatable bonds is 6. The number of carbonyl (C=O) groups is 4. The zero-order chi connectivity index (χ0) is 17.0. The van der Waals surface area contributed by atoms with Gasteiger partial charge in [0.25, 0.3) is 17.7 Å². The minimum absolute atomic E-state index is 0.101. The number of hydrogen-bond acceptors (Lipinski definition) is 5. The van der Waals surface area contributed by atoms with Gasteiger partial charge in [-0.05, 0) is 25.1 Å². The van der Waals surface area contributed by atoms with Crippen molar-refractivity contribution in [3.05, 3.63) is 47.5 Å². The number of benzene rings is 1. The van der Waals surface area contributed by atoms with Crippen molar-refractivity contribution in [3.8, 4) is 0 Å². The second-order valence-corrected chi connectivity index (χ2v) is 4.80. The first-order valence-corrected chi connectivity index (χ1v) is 7.04. The van der Waals surface area contributed by atoms with Crippen molar-refractivity contribution in [2.45, 2.75) is 6.92 Å². The van der Waals surface area contributed by atoms with Crippen LogP contribution in [0.5, 0.6) is 0 Å². The molecule has 0 radical (unpaired) electrons. The van der Waals surface area contributed by atoms with Crippen LogP contribution in [-0.4, -0.2) is 48.3 Å². The molecule has 7 nitrogen and oxygen atoms in total. The molecule has 0 atom stereocenters. The molecular weight excluding hydrogens is 300 g/mol. The van der Waals surface area contributed by atoms with Crippen LogP contribution in [0, 0.1) is 0 Å². The Bertz CT molecular complexity index is 696. The molecule has 1 aliphatic heterocycles. The molecule has 120 valence electrons. The second kappa shape index (κ2) is 6.87. The van der Waals surface area contributed by atoms with E-state index >= 15 is 0 Å². The van der Waals surface area contributed by atoms with Gasteiger partial charge in [-0.3, -0.25) is 19.3 Å². The SMILES string of the molecule is C=CCN1C(=O)c2ccc(C(=O)OCC(=O)NCC)cc2C1=O. The lowest BCUT2D eigenvalue weighted by Crippen LogP contribution is -2.29. The largest absolute Gasteiger partial charge is 0.452 e. The van der Waals surface area contributed by atoms with Crippen molar-refractivity contribution in [2.75, 3.05) is 19.7 Å². The quantitative estimate of drug-likeness (QED) is 0.475. The third-order valence-corrected chi connectivity index (χ3v) is 3.23. The molecule has 0 aromatic heterocycles. The van der Waals surface area contributed by atoms with Crippen LogP contribution < -0.4 is 5.32 Å². The van der Waals surface area contributed by atoms with Gasteiger partial charge in [0.15, 0.2) is 6.61 Å². The topological polar surface area (TPSA) is 92.8 Å². The smallest absolute Gasteiger partial charge is 0.338 e. The first-order chi connectivity index (χ1) is 11.0. The Morgan fingerprint density at radius 2 is 1.96 bits per heavy atom. The summed E-state index contributed by atoms with van der Waals surface area (Å²) in [5.74, 6) is -2.05. The minimum Gasteiger partial charge on any atom is -0.452 e. The third kappa shape index (κ3) is 3.28. The number of nitrogens with one attached hydrogen (secondary N) is 1. The predicted octanol–water partition coefficient (Wildman–Crippen LogP) is 0.761. The van der Waals surface area contributed by atoms with Crippen molar-refractivity contribution in [1.29, 1.82) is 0 Å². The Labute approximate surface area is 132 Å². The Hall–Kier alpha value is -2.96. The van der Waals surface area contributed by atoms with Gasteiger partial charge in [0.05, 0.1) is 16.7 Å².